The van der Waals surface area contributed by atoms with Crippen LogP contribution in [0.25, 0.3) is 15.9 Å². The van der Waals surface area contributed by atoms with Gasteiger partial charge in [-0.15, -0.1) is 11.3 Å². The number of nitrogens with zero attached hydrogens (tertiary/aromatic N) is 2. The van der Waals surface area contributed by atoms with Crippen LogP contribution in [0.2, 0.25) is 0 Å². The molecule has 0 atom stereocenters. The smallest absolute Gasteiger partial charge is 0.351 e. The Kier molecular flexibility index (Phi) is 5.10. The molecule has 0 radical (unpaired) electrons. The third-order valence-corrected chi connectivity index (χ3v) is 5.50. The quantitative estimate of drug-likeness (QED) is 0.494. The normalized spacial score (nSPS) is 11.7. The van der Waals surface area contributed by atoms with E-state index in [4.69, 9.17) is 0 Å². The molecule has 0 unspecified atom stereocenters. The van der Waals surface area contributed by atoms with Crippen LogP contribution in [0.1, 0.15) is 20.9 Å². The van der Waals surface area contributed by atoms with E-state index in [1.54, 1.807) is 30.3 Å². The number of aromatic nitrogens is 2. The summed E-state index contributed by atoms with van der Waals surface area (Å²) in [6, 6.07) is 19.5. The molecule has 2 aromatic carbocycles. The Hall–Kier alpha value is -3.13. The number of para-hydroxylation sites is 1. The number of hydrogen-bond acceptors (Lipinski definition) is 3. The summed E-state index contributed by atoms with van der Waals surface area (Å²) in [4.78, 5) is 13.0. The van der Waals surface area contributed by atoms with Gasteiger partial charge in [0.2, 0.25) is 0 Å². The SMILES string of the molecule is O=C(NCCc1ccccc1)c1cc2c(C(F)(F)F)nn(-c3ccccc3)c2s1. The molecule has 0 aliphatic rings. The van der Waals surface area contributed by atoms with Gasteiger partial charge in [-0.3, -0.25) is 4.79 Å². The van der Waals surface area contributed by atoms with Crippen molar-refractivity contribution >= 4 is 27.5 Å². The number of halogens is 3. The Labute approximate surface area is 168 Å². The van der Waals surface area contributed by atoms with Crippen LogP contribution in [-0.2, 0) is 12.6 Å². The van der Waals surface area contributed by atoms with Gasteiger partial charge in [0.15, 0.2) is 5.69 Å². The molecule has 2 aromatic heterocycles. The standard InChI is InChI=1S/C21H16F3N3OS/c22-21(23,24)18-16-13-17(19(28)25-12-11-14-7-3-1-4-8-14)29-20(16)27(26-18)15-9-5-2-6-10-15/h1-10,13H,11-12H2,(H,25,28). The molecule has 4 nitrogen and oxygen atoms in total. The van der Waals surface area contributed by atoms with Gasteiger partial charge in [-0.05, 0) is 30.2 Å². The predicted molar refractivity (Wildman–Crippen MR) is 106 cm³/mol. The van der Waals surface area contributed by atoms with Crippen molar-refractivity contribution in [2.75, 3.05) is 6.54 Å². The van der Waals surface area contributed by atoms with Gasteiger partial charge in [-0.1, -0.05) is 48.5 Å². The lowest BCUT2D eigenvalue weighted by atomic mass is 10.1. The summed E-state index contributed by atoms with van der Waals surface area (Å²) in [6.45, 7) is 0.397. The lowest BCUT2D eigenvalue weighted by molar-refractivity contribution is -0.140. The molecular formula is C21H16F3N3OS. The van der Waals surface area contributed by atoms with Crippen molar-refractivity contribution in [1.29, 1.82) is 0 Å². The molecule has 4 rings (SSSR count). The maximum absolute atomic E-state index is 13.5. The summed E-state index contributed by atoms with van der Waals surface area (Å²) in [7, 11) is 0. The van der Waals surface area contributed by atoms with Crippen molar-refractivity contribution in [3.8, 4) is 5.69 Å². The maximum atomic E-state index is 13.5. The minimum atomic E-state index is -4.61. The molecule has 0 saturated heterocycles. The Balaban J connectivity index is 1.62. The average Bonchev–Trinajstić information content (AvgIpc) is 3.28. The van der Waals surface area contributed by atoms with Crippen molar-refractivity contribution in [1.82, 2.24) is 15.1 Å². The van der Waals surface area contributed by atoms with Crippen LogP contribution >= 0.6 is 11.3 Å². The van der Waals surface area contributed by atoms with Gasteiger partial charge in [-0.25, -0.2) is 4.68 Å². The Bertz CT molecular complexity index is 1130. The number of rotatable bonds is 5. The van der Waals surface area contributed by atoms with Gasteiger partial charge < -0.3 is 5.32 Å². The van der Waals surface area contributed by atoms with Crippen molar-refractivity contribution < 1.29 is 18.0 Å². The number of hydrogen-bond donors (Lipinski definition) is 1. The number of thiophene rings is 1. The molecular weight excluding hydrogens is 399 g/mol. The van der Waals surface area contributed by atoms with Gasteiger partial charge in [0.1, 0.15) is 4.83 Å². The fraction of sp³-hybridized carbons (Fsp3) is 0.143. The zero-order valence-electron chi connectivity index (χ0n) is 15.1. The molecule has 0 aliphatic carbocycles. The molecule has 2 heterocycles. The van der Waals surface area contributed by atoms with E-state index in [-0.39, 0.29) is 15.1 Å². The first-order valence-electron chi connectivity index (χ1n) is 8.91. The third kappa shape index (κ3) is 4.02. The van der Waals surface area contributed by atoms with E-state index in [2.05, 4.69) is 10.4 Å². The average molecular weight is 415 g/mol. The molecule has 29 heavy (non-hydrogen) atoms. The topological polar surface area (TPSA) is 46.9 Å². The van der Waals surface area contributed by atoms with Gasteiger partial charge in [0, 0.05) is 11.9 Å². The minimum absolute atomic E-state index is 0.0698. The highest BCUT2D eigenvalue weighted by Gasteiger charge is 2.38. The molecule has 1 N–H and O–H groups in total. The van der Waals surface area contributed by atoms with Gasteiger partial charge in [0.05, 0.1) is 10.6 Å². The van der Waals surface area contributed by atoms with E-state index in [0.29, 0.717) is 18.7 Å². The first-order chi connectivity index (χ1) is 13.9. The number of fused-ring (bicyclic) bond motifs is 1. The van der Waals surface area contributed by atoms with Crippen LogP contribution in [0.15, 0.2) is 66.7 Å². The molecule has 0 aliphatic heterocycles. The van der Waals surface area contributed by atoms with Gasteiger partial charge in [0.25, 0.3) is 5.91 Å². The molecule has 1 amide bonds. The Morgan fingerprint density at radius 1 is 1.03 bits per heavy atom. The molecule has 0 saturated carbocycles. The lowest BCUT2D eigenvalue weighted by Gasteiger charge is -2.05. The van der Waals surface area contributed by atoms with Crippen LogP contribution in [0.5, 0.6) is 0 Å². The van der Waals surface area contributed by atoms with E-state index >= 15 is 0 Å². The Morgan fingerprint density at radius 2 is 1.69 bits per heavy atom. The van der Waals surface area contributed by atoms with Crippen LogP contribution in [0.3, 0.4) is 0 Å². The number of carbonyl (C=O) groups is 1. The maximum Gasteiger partial charge on any atom is 0.435 e. The van der Waals surface area contributed by atoms with Gasteiger partial charge >= 0.3 is 6.18 Å². The fourth-order valence-corrected chi connectivity index (χ4v) is 4.07. The highest BCUT2D eigenvalue weighted by molar-refractivity contribution is 7.20. The lowest BCUT2D eigenvalue weighted by Crippen LogP contribution is -2.24. The van der Waals surface area contributed by atoms with Gasteiger partial charge in [-0.2, -0.15) is 18.3 Å². The summed E-state index contributed by atoms with van der Waals surface area (Å²) in [5.41, 5.74) is 0.588. The highest BCUT2D eigenvalue weighted by Crippen LogP contribution is 2.38. The molecule has 0 fully saturated rings. The number of benzene rings is 2. The van der Waals surface area contributed by atoms with Crippen molar-refractivity contribution in [3.63, 3.8) is 0 Å². The van der Waals surface area contributed by atoms with Crippen LogP contribution < -0.4 is 5.32 Å². The first-order valence-corrected chi connectivity index (χ1v) is 9.72. The van der Waals surface area contributed by atoms with Crippen LogP contribution in [0.4, 0.5) is 13.2 Å². The molecule has 0 bridgehead atoms. The highest BCUT2D eigenvalue weighted by atomic mass is 32.1. The Morgan fingerprint density at radius 3 is 2.34 bits per heavy atom. The first kappa shape index (κ1) is 19.2. The molecule has 148 valence electrons. The van der Waals surface area contributed by atoms with Crippen molar-refractivity contribution in [2.45, 2.75) is 12.6 Å². The largest absolute Gasteiger partial charge is 0.435 e. The molecule has 0 spiro atoms. The predicted octanol–water partition coefficient (Wildman–Crippen LogP) is 5.08. The molecule has 4 aromatic rings. The second-order valence-corrected chi connectivity index (χ2v) is 7.45. The van der Waals surface area contributed by atoms with E-state index < -0.39 is 17.8 Å². The zero-order valence-corrected chi connectivity index (χ0v) is 15.9. The van der Waals surface area contributed by atoms with E-state index in [9.17, 15) is 18.0 Å². The summed E-state index contributed by atoms with van der Waals surface area (Å²) in [5, 5.41) is 6.47. The zero-order chi connectivity index (χ0) is 20.4. The van der Waals surface area contributed by atoms with Crippen LogP contribution in [-0.4, -0.2) is 22.2 Å². The monoisotopic (exact) mass is 415 g/mol. The summed E-state index contributed by atoms with van der Waals surface area (Å²) in [5.74, 6) is -0.394. The second-order valence-electron chi connectivity index (χ2n) is 6.41. The minimum Gasteiger partial charge on any atom is -0.351 e. The molecule has 8 heteroatoms. The third-order valence-electron chi connectivity index (χ3n) is 4.40. The van der Waals surface area contributed by atoms with Crippen molar-refractivity contribution in [2.24, 2.45) is 0 Å². The van der Waals surface area contributed by atoms with E-state index in [1.807, 2.05) is 30.3 Å². The summed E-state index contributed by atoms with van der Waals surface area (Å²) >= 11 is 0.998. The summed E-state index contributed by atoms with van der Waals surface area (Å²) < 4.78 is 41.7. The van der Waals surface area contributed by atoms with E-state index in [1.165, 1.54) is 10.7 Å². The number of amides is 1. The van der Waals surface area contributed by atoms with Crippen LogP contribution in [0, 0.1) is 0 Å². The summed E-state index contributed by atoms with van der Waals surface area (Å²) in [6.07, 6.45) is -3.97. The number of alkyl halides is 3. The van der Waals surface area contributed by atoms with Crippen molar-refractivity contribution in [3.05, 3.63) is 82.9 Å². The fourth-order valence-electron chi connectivity index (χ4n) is 3.03. The number of nitrogens with one attached hydrogen (secondary N) is 1. The van der Waals surface area contributed by atoms with E-state index in [0.717, 1.165) is 16.9 Å². The second kappa shape index (κ2) is 7.71. The number of carbonyl (C=O) groups excluding carboxylic acids is 1.